The van der Waals surface area contributed by atoms with E-state index in [0.29, 0.717) is 0 Å². The summed E-state index contributed by atoms with van der Waals surface area (Å²) < 4.78 is 0. The molecule has 144 valence electrons. The number of benzene rings is 3. The van der Waals surface area contributed by atoms with Crippen LogP contribution in [0.3, 0.4) is 0 Å². The minimum absolute atomic E-state index is 0.807. The summed E-state index contributed by atoms with van der Waals surface area (Å²) in [5.41, 5.74) is 5.89. The van der Waals surface area contributed by atoms with Crippen molar-refractivity contribution in [1.29, 1.82) is 0 Å². The fourth-order valence-electron chi connectivity index (χ4n) is 3.34. The predicted octanol–water partition coefficient (Wildman–Crippen LogP) is 6.40. The highest BCUT2D eigenvalue weighted by atomic mass is 32.2. The van der Waals surface area contributed by atoms with Crippen molar-refractivity contribution in [3.05, 3.63) is 107 Å². The van der Waals surface area contributed by atoms with E-state index in [2.05, 4.69) is 108 Å². The Balaban J connectivity index is 1.56. The lowest BCUT2D eigenvalue weighted by Crippen LogP contribution is -2.20. The first-order valence-electron chi connectivity index (χ1n) is 9.81. The molecule has 3 heteroatoms. The van der Waals surface area contributed by atoms with Crippen LogP contribution in [0.25, 0.3) is 12.2 Å². The third-order valence-electron chi connectivity index (χ3n) is 4.90. The molecule has 29 heavy (non-hydrogen) atoms. The average molecular weight is 397 g/mol. The Morgan fingerprint density at radius 1 is 0.828 bits per heavy atom. The van der Waals surface area contributed by atoms with Crippen LogP contribution in [0.5, 0.6) is 0 Å². The van der Waals surface area contributed by atoms with Crippen molar-refractivity contribution in [3.63, 3.8) is 0 Å². The van der Waals surface area contributed by atoms with Crippen molar-refractivity contribution >= 4 is 35.3 Å². The van der Waals surface area contributed by atoms with Crippen molar-refractivity contribution in [2.24, 2.45) is 4.99 Å². The molecule has 0 saturated carbocycles. The number of para-hydroxylation sites is 1. The van der Waals surface area contributed by atoms with Crippen LogP contribution in [0.4, 0.5) is 5.69 Å². The zero-order chi connectivity index (χ0) is 19.9. The first kappa shape index (κ1) is 19.3. The molecule has 0 spiro atoms. The molecule has 4 rings (SSSR count). The van der Waals surface area contributed by atoms with Crippen molar-refractivity contribution in [2.75, 3.05) is 25.0 Å². The Labute approximate surface area is 177 Å². The normalized spacial score (nSPS) is 14.1. The highest BCUT2D eigenvalue weighted by Crippen LogP contribution is 2.27. The molecule has 1 aliphatic heterocycles. The fraction of sp³-hybridized carbons (Fsp3) is 0.115. The highest BCUT2D eigenvalue weighted by Gasteiger charge is 2.13. The van der Waals surface area contributed by atoms with Crippen molar-refractivity contribution < 1.29 is 0 Å². The number of aliphatic imine (C=N–C) groups is 1. The third-order valence-corrected chi connectivity index (χ3v) is 5.80. The van der Waals surface area contributed by atoms with E-state index in [1.807, 2.05) is 6.07 Å². The minimum atomic E-state index is 0.807. The molecule has 0 fully saturated rings. The van der Waals surface area contributed by atoms with Crippen LogP contribution in [-0.4, -0.2) is 25.8 Å². The first-order chi connectivity index (χ1) is 14.3. The number of likely N-dealkylation sites (N-methyl/N-ethyl adjacent to an activating group) is 1. The molecule has 1 aliphatic rings. The van der Waals surface area contributed by atoms with Gasteiger partial charge in [-0.15, -0.1) is 0 Å². The quantitative estimate of drug-likeness (QED) is 0.464. The Kier molecular flexibility index (Phi) is 6.28. The number of allylic oxidation sites excluding steroid dienone is 1. The molecule has 0 amide bonds. The molecule has 0 N–H and O–H groups in total. The van der Waals surface area contributed by atoms with Crippen molar-refractivity contribution in [2.45, 2.75) is 4.90 Å². The zero-order valence-electron chi connectivity index (χ0n) is 16.5. The van der Waals surface area contributed by atoms with Crippen LogP contribution in [0.2, 0.25) is 0 Å². The summed E-state index contributed by atoms with van der Waals surface area (Å²) >= 11 is 1.74. The summed E-state index contributed by atoms with van der Waals surface area (Å²) in [6.07, 6.45) is 6.48. The lowest BCUT2D eigenvalue weighted by Gasteiger charge is -2.18. The lowest BCUT2D eigenvalue weighted by molar-refractivity contribution is 0.897. The molecule has 3 aromatic carbocycles. The van der Waals surface area contributed by atoms with Crippen molar-refractivity contribution in [3.8, 4) is 0 Å². The van der Waals surface area contributed by atoms with E-state index in [1.54, 1.807) is 11.8 Å². The fourth-order valence-corrected chi connectivity index (χ4v) is 4.14. The molecule has 0 unspecified atom stereocenters. The largest absolute Gasteiger partial charge is 0.372 e. The number of anilines is 1. The van der Waals surface area contributed by atoms with E-state index in [4.69, 9.17) is 4.99 Å². The van der Waals surface area contributed by atoms with Gasteiger partial charge in [-0.05, 0) is 40.8 Å². The van der Waals surface area contributed by atoms with Crippen LogP contribution < -0.4 is 4.90 Å². The van der Waals surface area contributed by atoms with Gasteiger partial charge in [0.15, 0.2) is 0 Å². The third kappa shape index (κ3) is 4.87. The van der Waals surface area contributed by atoms with Crippen LogP contribution >= 0.6 is 11.8 Å². The summed E-state index contributed by atoms with van der Waals surface area (Å²) in [5, 5.41) is 2.15. The molecule has 0 aromatic heterocycles. The molecule has 0 atom stereocenters. The second-order valence-electron chi connectivity index (χ2n) is 6.91. The maximum absolute atomic E-state index is 4.83. The van der Waals surface area contributed by atoms with E-state index in [-0.39, 0.29) is 0 Å². The van der Waals surface area contributed by atoms with Gasteiger partial charge in [-0.3, -0.25) is 4.99 Å². The number of fused-ring (bicyclic) bond motifs is 1. The number of nitrogens with zero attached hydrogens (tertiary/aromatic N) is 2. The van der Waals surface area contributed by atoms with E-state index in [1.165, 1.54) is 27.3 Å². The molecule has 2 nitrogen and oxygen atoms in total. The summed E-state index contributed by atoms with van der Waals surface area (Å²) in [6, 6.07) is 27.4. The molecule has 0 saturated heterocycles. The lowest BCUT2D eigenvalue weighted by atomic mass is 10.1. The molecule has 1 heterocycles. The number of thioether (sulfide) groups is 1. The van der Waals surface area contributed by atoms with Gasteiger partial charge < -0.3 is 4.90 Å². The zero-order valence-corrected chi connectivity index (χ0v) is 17.3. The van der Waals surface area contributed by atoms with Gasteiger partial charge in [-0.1, -0.05) is 84.6 Å². The van der Waals surface area contributed by atoms with Gasteiger partial charge in [0.05, 0.1) is 12.3 Å². The van der Waals surface area contributed by atoms with Gasteiger partial charge in [-0.25, -0.2) is 0 Å². The monoisotopic (exact) mass is 396 g/mol. The van der Waals surface area contributed by atoms with E-state index < -0.39 is 0 Å². The van der Waals surface area contributed by atoms with Crippen molar-refractivity contribution in [1.82, 2.24) is 0 Å². The van der Waals surface area contributed by atoms with E-state index in [0.717, 1.165) is 18.8 Å². The summed E-state index contributed by atoms with van der Waals surface area (Å²) in [7, 11) is 2.13. The van der Waals surface area contributed by atoms with Gasteiger partial charge in [0.2, 0.25) is 0 Å². The van der Waals surface area contributed by atoms with Gasteiger partial charge in [0.1, 0.15) is 0 Å². The Morgan fingerprint density at radius 2 is 1.59 bits per heavy atom. The standard InChI is InChI=1S/C26H24N2S/c1-28-19-18-27-24(23-12-6-7-13-25(23)28)16-15-22-11-5-8-14-26(22)29-20-17-21-9-3-2-4-10-21/h2-17,20H,18-19H2,1H3. The minimum Gasteiger partial charge on any atom is -0.372 e. The topological polar surface area (TPSA) is 15.6 Å². The summed E-state index contributed by atoms with van der Waals surface area (Å²) in [6.45, 7) is 1.74. The number of rotatable bonds is 5. The maximum atomic E-state index is 4.83. The van der Waals surface area contributed by atoms with E-state index in [9.17, 15) is 0 Å². The average Bonchev–Trinajstić information content (AvgIpc) is 2.93. The molecule has 0 bridgehead atoms. The smallest absolute Gasteiger partial charge is 0.0668 e. The van der Waals surface area contributed by atoms with Gasteiger partial charge in [0, 0.05) is 29.7 Å². The molecule has 0 aliphatic carbocycles. The Bertz CT molecular complexity index is 1050. The van der Waals surface area contributed by atoms with Crippen LogP contribution in [-0.2, 0) is 0 Å². The van der Waals surface area contributed by atoms with Crippen LogP contribution in [0, 0.1) is 0 Å². The van der Waals surface area contributed by atoms with Crippen LogP contribution in [0.1, 0.15) is 16.7 Å². The Hall–Kier alpha value is -3.04. The van der Waals surface area contributed by atoms with E-state index >= 15 is 0 Å². The first-order valence-corrected chi connectivity index (χ1v) is 10.7. The van der Waals surface area contributed by atoms with Gasteiger partial charge in [-0.2, -0.15) is 0 Å². The SMILES string of the molecule is CN1CCN=C(C=Cc2ccccc2SC=Cc2ccccc2)c2ccccc21. The molecular formula is C26H24N2S. The van der Waals surface area contributed by atoms with Crippen LogP contribution in [0.15, 0.2) is 100 Å². The maximum Gasteiger partial charge on any atom is 0.0668 e. The Morgan fingerprint density at radius 3 is 2.48 bits per heavy atom. The molecular weight excluding hydrogens is 372 g/mol. The summed E-state index contributed by atoms with van der Waals surface area (Å²) in [5.74, 6) is 0. The second-order valence-corrected chi connectivity index (χ2v) is 7.86. The number of benzodiazepines with no additional fused rings is 1. The predicted molar refractivity (Wildman–Crippen MR) is 128 cm³/mol. The van der Waals surface area contributed by atoms with Gasteiger partial charge >= 0.3 is 0 Å². The molecule has 0 radical (unpaired) electrons. The molecule has 3 aromatic rings. The number of hydrogen-bond donors (Lipinski definition) is 0. The highest BCUT2D eigenvalue weighted by molar-refractivity contribution is 8.02. The van der Waals surface area contributed by atoms with Gasteiger partial charge in [0.25, 0.3) is 0 Å². The summed E-state index contributed by atoms with van der Waals surface area (Å²) in [4.78, 5) is 8.34. The second kappa shape index (κ2) is 9.44. The number of hydrogen-bond acceptors (Lipinski definition) is 3.